The maximum absolute atomic E-state index is 14.1. The second kappa shape index (κ2) is 9.79. The van der Waals surface area contributed by atoms with Gasteiger partial charge in [-0.1, -0.05) is 19.1 Å². The van der Waals surface area contributed by atoms with E-state index in [2.05, 4.69) is 56.3 Å². The molecule has 1 fully saturated rings. The van der Waals surface area contributed by atoms with Crippen LogP contribution in [0.2, 0.25) is 0 Å². The van der Waals surface area contributed by atoms with Crippen LogP contribution in [0.4, 0.5) is 27.3 Å². The van der Waals surface area contributed by atoms with E-state index in [1.807, 2.05) is 11.5 Å². The number of benzene rings is 2. The number of halogens is 1. The fraction of sp³-hybridized carbons (Fsp3) is 0.231. The fourth-order valence-electron chi connectivity index (χ4n) is 4.15. The number of nitrogen functional groups attached to an aromatic ring is 1. The van der Waals surface area contributed by atoms with E-state index in [4.69, 9.17) is 5.73 Å². The number of thiophene rings is 1. The molecule has 4 aromatic rings. The summed E-state index contributed by atoms with van der Waals surface area (Å²) in [5.74, 6) is 0.418. The van der Waals surface area contributed by atoms with Crippen LogP contribution in [0.3, 0.4) is 0 Å². The molecule has 1 aliphatic heterocycles. The Balaban J connectivity index is 1.32. The number of nitrogens with two attached hydrogens (primary N) is 1. The van der Waals surface area contributed by atoms with Gasteiger partial charge in [-0.25, -0.2) is 14.4 Å². The molecule has 34 heavy (non-hydrogen) atoms. The summed E-state index contributed by atoms with van der Waals surface area (Å²) in [6.07, 6.45) is 5.17. The van der Waals surface area contributed by atoms with Crippen molar-refractivity contribution in [1.29, 1.82) is 0 Å². The fourth-order valence-corrected chi connectivity index (χ4v) is 5.08. The van der Waals surface area contributed by atoms with Gasteiger partial charge in [0.25, 0.3) is 0 Å². The van der Waals surface area contributed by atoms with Crippen LogP contribution >= 0.6 is 11.3 Å². The number of likely N-dealkylation sites (N-methyl/N-ethyl adjacent to an activating group) is 1. The van der Waals surface area contributed by atoms with Crippen molar-refractivity contribution in [1.82, 2.24) is 14.9 Å². The highest BCUT2D eigenvalue weighted by atomic mass is 32.1. The molecule has 5 rings (SSSR count). The number of anilines is 4. The lowest BCUT2D eigenvalue weighted by atomic mass is 10.1. The van der Waals surface area contributed by atoms with Gasteiger partial charge < -0.3 is 20.9 Å². The third kappa shape index (κ3) is 4.73. The van der Waals surface area contributed by atoms with E-state index in [9.17, 15) is 4.39 Å². The second-order valence-corrected chi connectivity index (χ2v) is 9.18. The minimum Gasteiger partial charge on any atom is -0.399 e. The van der Waals surface area contributed by atoms with Gasteiger partial charge in [-0.2, -0.15) is 0 Å². The molecule has 0 amide bonds. The molecule has 0 aliphatic carbocycles. The summed E-state index contributed by atoms with van der Waals surface area (Å²) in [6, 6.07) is 13.2. The summed E-state index contributed by atoms with van der Waals surface area (Å²) >= 11 is 1.56. The summed E-state index contributed by atoms with van der Waals surface area (Å²) in [6.45, 7) is 7.65. The first kappa shape index (κ1) is 22.3. The zero-order chi connectivity index (χ0) is 23.5. The highest BCUT2D eigenvalue weighted by molar-refractivity contribution is 7.18. The van der Waals surface area contributed by atoms with E-state index >= 15 is 0 Å². The first-order valence-corrected chi connectivity index (χ1v) is 12.3. The Morgan fingerprint density at radius 2 is 1.79 bits per heavy atom. The Hall–Kier alpha value is -3.49. The first-order valence-electron chi connectivity index (χ1n) is 11.4. The molecule has 3 N–H and O–H groups in total. The third-order valence-corrected chi connectivity index (χ3v) is 7.16. The summed E-state index contributed by atoms with van der Waals surface area (Å²) in [4.78, 5) is 13.8. The third-order valence-electron chi connectivity index (χ3n) is 6.16. The van der Waals surface area contributed by atoms with Crippen LogP contribution in [0.15, 0.2) is 54.2 Å². The highest BCUT2D eigenvalue weighted by Crippen LogP contribution is 2.32. The standard InChI is InChI=1S/C26H27FN6S/c1-2-32-11-13-33(14-12-32)22-9-7-21(8-10-22)31-26-25-24(29-17-30-26)19(16-34-25)4-3-18-5-6-20(28)15-23(18)27/h3-10,15-17H,2,11-14,28H2,1H3,(H,29,30,31). The van der Waals surface area contributed by atoms with Crippen LogP contribution in [-0.2, 0) is 0 Å². The van der Waals surface area contributed by atoms with Gasteiger partial charge in [0, 0.05) is 59.7 Å². The van der Waals surface area contributed by atoms with Crippen molar-refractivity contribution in [3.8, 4) is 0 Å². The van der Waals surface area contributed by atoms with E-state index in [1.54, 1.807) is 35.9 Å². The van der Waals surface area contributed by atoms with Crippen molar-refractivity contribution in [2.45, 2.75) is 6.92 Å². The van der Waals surface area contributed by atoms with Crippen LogP contribution in [0.1, 0.15) is 18.1 Å². The maximum atomic E-state index is 14.1. The Morgan fingerprint density at radius 1 is 1.03 bits per heavy atom. The number of nitrogens with one attached hydrogen (secondary N) is 1. The van der Waals surface area contributed by atoms with Crippen molar-refractivity contribution >= 4 is 56.6 Å². The minimum atomic E-state index is -0.344. The van der Waals surface area contributed by atoms with E-state index in [0.717, 1.165) is 60.0 Å². The SMILES string of the molecule is CCN1CCN(c2ccc(Nc3ncnc4c(C=Cc5ccc(N)cc5F)csc34)cc2)CC1. The van der Waals surface area contributed by atoms with Crippen LogP contribution in [-0.4, -0.2) is 47.6 Å². The molecule has 0 spiro atoms. The van der Waals surface area contributed by atoms with Gasteiger partial charge in [0.15, 0.2) is 5.82 Å². The van der Waals surface area contributed by atoms with Gasteiger partial charge in [0.2, 0.25) is 0 Å². The number of fused-ring (bicyclic) bond motifs is 1. The van der Waals surface area contributed by atoms with Crippen molar-refractivity contribution in [2.24, 2.45) is 0 Å². The normalized spacial score (nSPS) is 14.8. The van der Waals surface area contributed by atoms with Crippen molar-refractivity contribution in [3.05, 3.63) is 71.1 Å². The number of piperazine rings is 1. The summed E-state index contributed by atoms with van der Waals surface area (Å²) in [5, 5.41) is 5.44. The van der Waals surface area contributed by atoms with E-state index in [-0.39, 0.29) is 5.82 Å². The molecule has 0 atom stereocenters. The number of nitrogens with zero attached hydrogens (tertiary/aromatic N) is 4. The average molecular weight is 475 g/mol. The molecule has 0 unspecified atom stereocenters. The molecule has 174 valence electrons. The quantitative estimate of drug-likeness (QED) is 0.361. The summed E-state index contributed by atoms with van der Waals surface area (Å²) in [7, 11) is 0. The Labute approximate surface area is 202 Å². The molecule has 6 nitrogen and oxygen atoms in total. The zero-order valence-corrected chi connectivity index (χ0v) is 19.9. The Bertz CT molecular complexity index is 1310. The van der Waals surface area contributed by atoms with Crippen molar-refractivity contribution in [2.75, 3.05) is 48.7 Å². The molecular formula is C26H27FN6S. The van der Waals surface area contributed by atoms with Gasteiger partial charge in [-0.15, -0.1) is 11.3 Å². The Morgan fingerprint density at radius 3 is 2.53 bits per heavy atom. The smallest absolute Gasteiger partial charge is 0.151 e. The average Bonchev–Trinajstić information content (AvgIpc) is 3.28. The lowest BCUT2D eigenvalue weighted by Crippen LogP contribution is -2.46. The van der Waals surface area contributed by atoms with Gasteiger partial charge in [0.05, 0.1) is 10.2 Å². The van der Waals surface area contributed by atoms with Crippen LogP contribution in [0.25, 0.3) is 22.4 Å². The van der Waals surface area contributed by atoms with Gasteiger partial charge in [-0.05, 0) is 49.0 Å². The molecule has 0 radical (unpaired) electrons. The maximum Gasteiger partial charge on any atom is 0.151 e. The molecule has 0 saturated carbocycles. The van der Waals surface area contributed by atoms with Crippen LogP contribution in [0.5, 0.6) is 0 Å². The van der Waals surface area contributed by atoms with Gasteiger partial charge in [0.1, 0.15) is 12.1 Å². The largest absolute Gasteiger partial charge is 0.399 e. The second-order valence-electron chi connectivity index (χ2n) is 8.30. The van der Waals surface area contributed by atoms with Crippen molar-refractivity contribution in [3.63, 3.8) is 0 Å². The van der Waals surface area contributed by atoms with E-state index in [1.165, 1.54) is 11.8 Å². The molecular weight excluding hydrogens is 447 g/mol. The zero-order valence-electron chi connectivity index (χ0n) is 19.0. The lowest BCUT2D eigenvalue weighted by Gasteiger charge is -2.35. The first-order chi connectivity index (χ1) is 16.6. The number of rotatable bonds is 6. The summed E-state index contributed by atoms with van der Waals surface area (Å²) < 4.78 is 15.1. The predicted molar refractivity (Wildman–Crippen MR) is 141 cm³/mol. The number of hydrogen-bond donors (Lipinski definition) is 2. The van der Waals surface area contributed by atoms with Crippen molar-refractivity contribution < 1.29 is 4.39 Å². The molecule has 0 bridgehead atoms. The van der Waals surface area contributed by atoms with E-state index in [0.29, 0.717) is 11.3 Å². The van der Waals surface area contributed by atoms with Crippen LogP contribution < -0.4 is 16.0 Å². The molecule has 2 aromatic carbocycles. The lowest BCUT2D eigenvalue weighted by molar-refractivity contribution is 0.271. The number of hydrogen-bond acceptors (Lipinski definition) is 7. The summed E-state index contributed by atoms with van der Waals surface area (Å²) in [5.41, 5.74) is 10.5. The topological polar surface area (TPSA) is 70.3 Å². The number of aromatic nitrogens is 2. The monoisotopic (exact) mass is 474 g/mol. The molecule has 1 aliphatic rings. The molecule has 3 heterocycles. The predicted octanol–water partition coefficient (Wildman–Crippen LogP) is 5.47. The Kier molecular flexibility index (Phi) is 6.42. The molecule has 1 saturated heterocycles. The van der Waals surface area contributed by atoms with Gasteiger partial charge >= 0.3 is 0 Å². The highest BCUT2D eigenvalue weighted by Gasteiger charge is 2.16. The minimum absolute atomic E-state index is 0.344. The molecule has 8 heteroatoms. The van der Waals surface area contributed by atoms with Gasteiger partial charge in [-0.3, -0.25) is 0 Å². The van der Waals surface area contributed by atoms with Crippen LogP contribution in [0, 0.1) is 5.82 Å². The van der Waals surface area contributed by atoms with E-state index < -0.39 is 0 Å². The molecule has 2 aromatic heterocycles.